The number of methoxy groups -OCH3 is 1. The van der Waals surface area contributed by atoms with Crippen LogP contribution in [-0.4, -0.2) is 61.8 Å². The van der Waals surface area contributed by atoms with E-state index in [-0.39, 0.29) is 19.6 Å². The number of ether oxygens (including phenoxy) is 2. The minimum Gasteiger partial charge on any atom is -0.466 e. The quantitative estimate of drug-likeness (QED) is 0.506. The van der Waals surface area contributed by atoms with Gasteiger partial charge in [0.2, 0.25) is 5.91 Å². The average molecular weight is 315 g/mol. The van der Waals surface area contributed by atoms with Crippen molar-refractivity contribution in [2.75, 3.05) is 33.3 Å². The molecule has 0 atom stereocenters. The molecule has 0 aromatic rings. The van der Waals surface area contributed by atoms with Crippen LogP contribution in [0.4, 0.5) is 4.79 Å². The third-order valence-electron chi connectivity index (χ3n) is 2.30. The first-order chi connectivity index (χ1) is 10.2. The molecule has 126 valence electrons. The maximum atomic E-state index is 11.9. The van der Waals surface area contributed by atoms with Crippen molar-refractivity contribution >= 4 is 18.0 Å². The Hall–Kier alpha value is -2.09. The van der Waals surface area contributed by atoms with Crippen LogP contribution < -0.4 is 11.1 Å². The van der Waals surface area contributed by atoms with Crippen LogP contribution in [-0.2, 0) is 19.1 Å². The van der Waals surface area contributed by atoms with Gasteiger partial charge in [0.05, 0.1) is 7.11 Å². The number of amides is 2. The zero-order valence-electron chi connectivity index (χ0n) is 13.5. The zero-order chi connectivity index (χ0) is 17.2. The summed E-state index contributed by atoms with van der Waals surface area (Å²) >= 11 is 0. The number of hydrogen-bond donors (Lipinski definition) is 2. The van der Waals surface area contributed by atoms with E-state index in [0.717, 1.165) is 12.2 Å². The molecule has 0 aliphatic heterocycles. The SMILES string of the molecule is COC(=O)/C=C/C(=O)NCCN(CCN)C(=O)OC(C)(C)C. The van der Waals surface area contributed by atoms with Gasteiger partial charge in [-0.15, -0.1) is 0 Å². The normalized spacial score (nSPS) is 11.1. The van der Waals surface area contributed by atoms with Gasteiger partial charge in [0.15, 0.2) is 0 Å². The van der Waals surface area contributed by atoms with Crippen LogP contribution in [0.15, 0.2) is 12.2 Å². The van der Waals surface area contributed by atoms with Gasteiger partial charge in [-0.25, -0.2) is 9.59 Å². The molecule has 2 amide bonds. The Labute approximate surface area is 130 Å². The molecule has 8 nitrogen and oxygen atoms in total. The summed E-state index contributed by atoms with van der Waals surface area (Å²) in [4.78, 5) is 35.6. The summed E-state index contributed by atoms with van der Waals surface area (Å²) in [5, 5.41) is 2.54. The van der Waals surface area contributed by atoms with Crippen molar-refractivity contribution in [1.82, 2.24) is 10.2 Å². The minimum atomic E-state index is -0.617. The van der Waals surface area contributed by atoms with Crippen LogP contribution >= 0.6 is 0 Å². The third-order valence-corrected chi connectivity index (χ3v) is 2.30. The monoisotopic (exact) mass is 315 g/mol. The zero-order valence-corrected chi connectivity index (χ0v) is 13.5. The summed E-state index contributed by atoms with van der Waals surface area (Å²) < 4.78 is 9.61. The van der Waals surface area contributed by atoms with Gasteiger partial charge in [-0.3, -0.25) is 4.79 Å². The molecule has 3 N–H and O–H groups in total. The highest BCUT2D eigenvalue weighted by molar-refractivity contribution is 5.94. The predicted molar refractivity (Wildman–Crippen MR) is 81.0 cm³/mol. The molecule has 0 radical (unpaired) electrons. The summed E-state index contributed by atoms with van der Waals surface area (Å²) in [6, 6.07) is 0. The second kappa shape index (κ2) is 9.78. The highest BCUT2D eigenvalue weighted by atomic mass is 16.6. The first kappa shape index (κ1) is 19.9. The van der Waals surface area contributed by atoms with Crippen LogP contribution in [0.3, 0.4) is 0 Å². The Balaban J connectivity index is 4.31. The second-order valence-electron chi connectivity index (χ2n) is 5.40. The van der Waals surface area contributed by atoms with E-state index in [0.29, 0.717) is 6.54 Å². The molecule has 0 aromatic heterocycles. The van der Waals surface area contributed by atoms with Crippen LogP contribution in [0.1, 0.15) is 20.8 Å². The molecule has 0 aromatic carbocycles. The smallest absolute Gasteiger partial charge is 0.410 e. The molecule has 8 heteroatoms. The van der Waals surface area contributed by atoms with Gasteiger partial charge in [0.1, 0.15) is 5.60 Å². The van der Waals surface area contributed by atoms with Crippen molar-refractivity contribution in [1.29, 1.82) is 0 Å². The van der Waals surface area contributed by atoms with Crippen molar-refractivity contribution in [2.24, 2.45) is 5.73 Å². The van der Waals surface area contributed by atoms with Gasteiger partial charge < -0.3 is 25.4 Å². The summed E-state index contributed by atoms with van der Waals surface area (Å²) in [6.45, 7) is 6.38. The topological polar surface area (TPSA) is 111 Å². The highest BCUT2D eigenvalue weighted by Crippen LogP contribution is 2.09. The van der Waals surface area contributed by atoms with Crippen LogP contribution in [0.5, 0.6) is 0 Å². The molecule has 0 aliphatic rings. The number of nitrogens with two attached hydrogens (primary N) is 1. The predicted octanol–water partition coefficient (Wildman–Crippen LogP) is 0.0276. The van der Waals surface area contributed by atoms with E-state index in [4.69, 9.17) is 10.5 Å². The summed E-state index contributed by atoms with van der Waals surface area (Å²) in [5.74, 6) is -1.07. The van der Waals surface area contributed by atoms with E-state index in [2.05, 4.69) is 10.1 Å². The maximum absolute atomic E-state index is 11.9. The van der Waals surface area contributed by atoms with Gasteiger partial charge in [-0.1, -0.05) is 0 Å². The lowest BCUT2D eigenvalue weighted by Crippen LogP contribution is -2.43. The Bertz CT molecular complexity index is 415. The van der Waals surface area contributed by atoms with Crippen molar-refractivity contribution in [2.45, 2.75) is 26.4 Å². The van der Waals surface area contributed by atoms with E-state index in [9.17, 15) is 14.4 Å². The Morgan fingerprint density at radius 1 is 1.18 bits per heavy atom. The van der Waals surface area contributed by atoms with Crippen LogP contribution in [0.2, 0.25) is 0 Å². The lowest BCUT2D eigenvalue weighted by atomic mass is 10.2. The standard InChI is InChI=1S/C14H25N3O5/c1-14(2,3)22-13(20)17(9-7-15)10-8-16-11(18)5-6-12(19)21-4/h5-6H,7-10,15H2,1-4H3,(H,16,18)/b6-5+. The van der Waals surface area contributed by atoms with Gasteiger partial charge in [0, 0.05) is 38.3 Å². The molecule has 0 spiro atoms. The first-order valence-electron chi connectivity index (χ1n) is 6.91. The molecule has 22 heavy (non-hydrogen) atoms. The van der Waals surface area contributed by atoms with Crippen molar-refractivity contribution in [3.63, 3.8) is 0 Å². The van der Waals surface area contributed by atoms with Gasteiger partial charge in [0.25, 0.3) is 0 Å². The van der Waals surface area contributed by atoms with E-state index < -0.39 is 23.6 Å². The first-order valence-corrected chi connectivity index (χ1v) is 6.91. The Morgan fingerprint density at radius 2 is 1.82 bits per heavy atom. The van der Waals surface area contributed by atoms with E-state index in [1.54, 1.807) is 20.8 Å². The molecular formula is C14H25N3O5. The number of rotatable bonds is 7. The lowest BCUT2D eigenvalue weighted by molar-refractivity contribution is -0.135. The number of carbonyl (C=O) groups excluding carboxylic acids is 3. The van der Waals surface area contributed by atoms with Gasteiger partial charge in [-0.2, -0.15) is 0 Å². The molecule has 0 unspecified atom stereocenters. The summed E-state index contributed by atoms with van der Waals surface area (Å²) in [5.41, 5.74) is 4.86. The largest absolute Gasteiger partial charge is 0.466 e. The number of nitrogens with one attached hydrogen (secondary N) is 1. The Morgan fingerprint density at radius 3 is 2.32 bits per heavy atom. The van der Waals surface area contributed by atoms with Crippen molar-refractivity contribution < 1.29 is 23.9 Å². The van der Waals surface area contributed by atoms with Crippen molar-refractivity contribution in [3.05, 3.63) is 12.2 Å². The molecule has 0 bridgehead atoms. The highest BCUT2D eigenvalue weighted by Gasteiger charge is 2.21. The fourth-order valence-electron chi connectivity index (χ4n) is 1.36. The minimum absolute atomic E-state index is 0.212. The molecule has 0 aliphatic carbocycles. The van der Waals surface area contributed by atoms with Gasteiger partial charge in [-0.05, 0) is 20.8 Å². The fourth-order valence-corrected chi connectivity index (χ4v) is 1.36. The molecule has 0 rings (SSSR count). The second-order valence-corrected chi connectivity index (χ2v) is 5.40. The molecular weight excluding hydrogens is 290 g/mol. The average Bonchev–Trinajstić information content (AvgIpc) is 2.41. The van der Waals surface area contributed by atoms with E-state index in [1.807, 2.05) is 0 Å². The fraction of sp³-hybridized carbons (Fsp3) is 0.643. The third kappa shape index (κ3) is 9.76. The van der Waals surface area contributed by atoms with Crippen molar-refractivity contribution in [3.8, 4) is 0 Å². The number of nitrogens with zero attached hydrogens (tertiary/aromatic N) is 1. The molecule has 0 fully saturated rings. The molecule has 0 saturated carbocycles. The molecule has 0 heterocycles. The van der Waals surface area contributed by atoms with Crippen LogP contribution in [0.25, 0.3) is 0 Å². The number of esters is 1. The summed E-state index contributed by atoms with van der Waals surface area (Å²) in [7, 11) is 1.22. The Kier molecular flexibility index (Phi) is 8.85. The number of carbonyl (C=O) groups is 3. The van der Waals surface area contributed by atoms with E-state index >= 15 is 0 Å². The van der Waals surface area contributed by atoms with E-state index in [1.165, 1.54) is 12.0 Å². The van der Waals surface area contributed by atoms with Crippen LogP contribution in [0, 0.1) is 0 Å². The summed E-state index contributed by atoms with van der Waals surface area (Å²) in [6.07, 6.45) is 1.59. The molecule has 0 saturated heterocycles. The van der Waals surface area contributed by atoms with Gasteiger partial charge >= 0.3 is 12.1 Å². The maximum Gasteiger partial charge on any atom is 0.410 e. The number of hydrogen-bond acceptors (Lipinski definition) is 6. The lowest BCUT2D eigenvalue weighted by Gasteiger charge is -2.27.